The molecule has 0 spiro atoms. The summed E-state index contributed by atoms with van der Waals surface area (Å²) in [5, 5.41) is 2.12. The van der Waals surface area contributed by atoms with E-state index in [4.69, 9.17) is 14.2 Å². The highest BCUT2D eigenvalue weighted by Crippen LogP contribution is 2.35. The van der Waals surface area contributed by atoms with Crippen molar-refractivity contribution in [3.63, 3.8) is 0 Å². The summed E-state index contributed by atoms with van der Waals surface area (Å²) in [5.74, 6) is 1.85. The zero-order valence-electron chi connectivity index (χ0n) is 15.5. The van der Waals surface area contributed by atoms with Crippen molar-refractivity contribution < 1.29 is 22.6 Å². The predicted molar refractivity (Wildman–Crippen MR) is 113 cm³/mol. The van der Waals surface area contributed by atoms with E-state index < -0.39 is 10.0 Å². The van der Waals surface area contributed by atoms with Crippen molar-refractivity contribution in [1.29, 1.82) is 0 Å². The highest BCUT2D eigenvalue weighted by molar-refractivity contribution is 7.92. The molecule has 1 N–H and O–H groups in total. The van der Waals surface area contributed by atoms with Crippen LogP contribution in [0.2, 0.25) is 0 Å². The maximum Gasteiger partial charge on any atom is 0.237 e. The summed E-state index contributed by atoms with van der Waals surface area (Å²) < 4.78 is 43.9. The molecule has 1 aliphatic heterocycles. The van der Waals surface area contributed by atoms with Crippen LogP contribution in [0, 0.1) is 0 Å². The largest absolute Gasteiger partial charge is 0.492 e. The zero-order chi connectivity index (χ0) is 20.1. The monoisotopic (exact) mass is 432 g/mol. The molecule has 3 aromatic rings. The summed E-state index contributed by atoms with van der Waals surface area (Å²) in [6.45, 7) is 1.28. The van der Waals surface area contributed by atoms with Crippen molar-refractivity contribution in [3.8, 4) is 28.5 Å². The van der Waals surface area contributed by atoms with Gasteiger partial charge in [-0.2, -0.15) is 0 Å². The molecule has 0 amide bonds. The Morgan fingerprint density at radius 1 is 1.07 bits per heavy atom. The number of anilines is 1. The Balaban J connectivity index is 1.39. The minimum atomic E-state index is -3.56. The Morgan fingerprint density at radius 2 is 1.86 bits per heavy atom. The molecule has 1 aliphatic rings. The second-order valence-corrected chi connectivity index (χ2v) is 9.03. The molecule has 0 unspecified atom stereocenters. The molecule has 2 heterocycles. The predicted octanol–water partition coefficient (Wildman–Crippen LogP) is 3.79. The molecule has 29 heavy (non-hydrogen) atoms. The molecule has 0 bridgehead atoms. The Bertz CT molecular complexity index is 1070. The normalized spacial score (nSPS) is 13.5. The van der Waals surface area contributed by atoms with Gasteiger partial charge in [0.15, 0.2) is 16.6 Å². The number of hydrogen-bond acceptors (Lipinski definition) is 7. The van der Waals surface area contributed by atoms with Gasteiger partial charge in [0.05, 0.1) is 18.9 Å². The average Bonchev–Trinajstić information content (AvgIpc) is 3.03. The van der Waals surface area contributed by atoms with Crippen LogP contribution in [0.4, 0.5) is 5.13 Å². The number of hydrogen-bond donors (Lipinski definition) is 1. The van der Waals surface area contributed by atoms with Gasteiger partial charge < -0.3 is 14.2 Å². The lowest BCUT2D eigenvalue weighted by atomic mass is 10.1. The number of rotatable bonds is 7. The van der Waals surface area contributed by atoms with E-state index in [1.165, 1.54) is 11.3 Å². The standard InChI is InChI=1S/C20H20N2O5S2/c23-29(24,12-11-25-16-5-2-1-3-6-16)22-20-21-17(14-28-20)15-7-8-18-19(13-15)27-10-4-9-26-18/h1-3,5-8,13-14H,4,9-12H2,(H,21,22). The first-order chi connectivity index (χ1) is 14.1. The first kappa shape index (κ1) is 19.5. The number of ether oxygens (including phenoxy) is 3. The van der Waals surface area contributed by atoms with Crippen molar-refractivity contribution in [2.75, 3.05) is 30.3 Å². The van der Waals surface area contributed by atoms with Gasteiger partial charge in [-0.1, -0.05) is 18.2 Å². The summed E-state index contributed by atoms with van der Waals surface area (Å²) in [7, 11) is -3.56. The SMILES string of the molecule is O=S(=O)(CCOc1ccccc1)Nc1nc(-c2ccc3c(c2)OCCCO3)cs1. The van der Waals surface area contributed by atoms with E-state index in [9.17, 15) is 8.42 Å². The fourth-order valence-corrected chi connectivity index (χ4v) is 4.60. The summed E-state index contributed by atoms with van der Waals surface area (Å²) in [6.07, 6.45) is 0.834. The van der Waals surface area contributed by atoms with E-state index in [0.29, 0.717) is 41.3 Å². The van der Waals surface area contributed by atoms with Gasteiger partial charge in [0.25, 0.3) is 0 Å². The second-order valence-electron chi connectivity index (χ2n) is 6.33. The quantitative estimate of drug-likeness (QED) is 0.611. The Labute approximate surface area is 173 Å². The van der Waals surface area contributed by atoms with Crippen LogP contribution in [0.5, 0.6) is 17.2 Å². The van der Waals surface area contributed by atoms with Crippen LogP contribution in [0.3, 0.4) is 0 Å². The van der Waals surface area contributed by atoms with Gasteiger partial charge >= 0.3 is 0 Å². The van der Waals surface area contributed by atoms with E-state index in [2.05, 4.69) is 9.71 Å². The first-order valence-electron chi connectivity index (χ1n) is 9.13. The number of benzene rings is 2. The molecule has 0 atom stereocenters. The van der Waals surface area contributed by atoms with Gasteiger partial charge in [-0.05, 0) is 30.3 Å². The number of thiazole rings is 1. The molecular weight excluding hydrogens is 412 g/mol. The number of sulfonamides is 1. The molecule has 0 fully saturated rings. The van der Waals surface area contributed by atoms with Gasteiger partial charge in [-0.15, -0.1) is 11.3 Å². The second kappa shape index (κ2) is 8.71. The van der Waals surface area contributed by atoms with Crippen LogP contribution in [0.25, 0.3) is 11.3 Å². The molecule has 4 rings (SSSR count). The van der Waals surface area contributed by atoms with Crippen LogP contribution in [-0.2, 0) is 10.0 Å². The molecule has 2 aromatic carbocycles. The van der Waals surface area contributed by atoms with Gasteiger partial charge in [-0.3, -0.25) is 4.72 Å². The van der Waals surface area contributed by atoms with Gasteiger partial charge in [0.2, 0.25) is 10.0 Å². The molecule has 152 valence electrons. The van der Waals surface area contributed by atoms with Crippen molar-refractivity contribution in [1.82, 2.24) is 4.98 Å². The first-order valence-corrected chi connectivity index (χ1v) is 11.7. The van der Waals surface area contributed by atoms with E-state index in [-0.39, 0.29) is 12.4 Å². The molecule has 7 nitrogen and oxygen atoms in total. The number of fused-ring (bicyclic) bond motifs is 1. The molecule has 0 radical (unpaired) electrons. The van der Waals surface area contributed by atoms with Gasteiger partial charge in [-0.25, -0.2) is 13.4 Å². The number of para-hydroxylation sites is 1. The minimum absolute atomic E-state index is 0.0553. The third-order valence-electron chi connectivity index (χ3n) is 4.15. The van der Waals surface area contributed by atoms with E-state index in [1.54, 1.807) is 17.5 Å². The maximum absolute atomic E-state index is 12.3. The Kier molecular flexibility index (Phi) is 5.86. The fraction of sp³-hybridized carbons (Fsp3) is 0.250. The molecule has 0 saturated carbocycles. The minimum Gasteiger partial charge on any atom is -0.492 e. The summed E-state index contributed by atoms with van der Waals surface area (Å²) >= 11 is 1.23. The molecule has 0 aliphatic carbocycles. The fourth-order valence-electron chi connectivity index (χ4n) is 2.75. The van der Waals surface area contributed by atoms with E-state index in [1.807, 2.05) is 36.4 Å². The maximum atomic E-state index is 12.3. The Hall–Kier alpha value is -2.78. The molecule has 1 aromatic heterocycles. The summed E-state index contributed by atoms with van der Waals surface area (Å²) in [4.78, 5) is 4.40. The van der Waals surface area contributed by atoms with Crippen LogP contribution >= 0.6 is 11.3 Å². The summed E-state index contributed by atoms with van der Waals surface area (Å²) in [6, 6.07) is 14.7. The molecular formula is C20H20N2O5S2. The van der Waals surface area contributed by atoms with Crippen molar-refractivity contribution in [2.45, 2.75) is 6.42 Å². The van der Waals surface area contributed by atoms with Crippen molar-refractivity contribution in [3.05, 3.63) is 53.9 Å². The summed E-state index contributed by atoms with van der Waals surface area (Å²) in [5.41, 5.74) is 1.51. The smallest absolute Gasteiger partial charge is 0.237 e. The lowest BCUT2D eigenvalue weighted by Crippen LogP contribution is -2.21. The number of aromatic nitrogens is 1. The van der Waals surface area contributed by atoms with Crippen molar-refractivity contribution in [2.24, 2.45) is 0 Å². The number of nitrogens with one attached hydrogen (secondary N) is 1. The molecule has 9 heteroatoms. The highest BCUT2D eigenvalue weighted by Gasteiger charge is 2.16. The number of nitrogens with zero attached hydrogens (tertiary/aromatic N) is 1. The average molecular weight is 433 g/mol. The lowest BCUT2D eigenvalue weighted by Gasteiger charge is -2.08. The van der Waals surface area contributed by atoms with E-state index in [0.717, 1.165) is 12.0 Å². The van der Waals surface area contributed by atoms with Gasteiger partial charge in [0, 0.05) is 17.4 Å². The zero-order valence-corrected chi connectivity index (χ0v) is 17.2. The van der Waals surface area contributed by atoms with Crippen LogP contribution in [0.15, 0.2) is 53.9 Å². The van der Waals surface area contributed by atoms with Crippen LogP contribution in [-0.4, -0.2) is 39.0 Å². The molecule has 0 saturated heterocycles. The van der Waals surface area contributed by atoms with Gasteiger partial charge in [0.1, 0.15) is 18.1 Å². The topological polar surface area (TPSA) is 86.8 Å². The van der Waals surface area contributed by atoms with Crippen molar-refractivity contribution >= 4 is 26.5 Å². The van der Waals surface area contributed by atoms with Crippen LogP contribution in [0.1, 0.15) is 6.42 Å². The lowest BCUT2D eigenvalue weighted by molar-refractivity contribution is 0.297. The third kappa shape index (κ3) is 5.18. The van der Waals surface area contributed by atoms with E-state index >= 15 is 0 Å². The third-order valence-corrected chi connectivity index (χ3v) is 6.25. The van der Waals surface area contributed by atoms with Crippen LogP contribution < -0.4 is 18.9 Å². The Morgan fingerprint density at radius 3 is 2.69 bits per heavy atom. The highest BCUT2D eigenvalue weighted by atomic mass is 32.2.